The summed E-state index contributed by atoms with van der Waals surface area (Å²) >= 11 is 0. The Labute approximate surface area is 202 Å². The van der Waals surface area contributed by atoms with Crippen LogP contribution >= 0.6 is 0 Å². The van der Waals surface area contributed by atoms with Crippen LogP contribution in [0.5, 0.6) is 0 Å². The smallest absolute Gasteiger partial charge is 0.251 e. The van der Waals surface area contributed by atoms with Crippen LogP contribution in [0, 0.1) is 0 Å². The molecule has 0 fully saturated rings. The van der Waals surface area contributed by atoms with Crippen molar-refractivity contribution in [3.05, 3.63) is 107 Å². The number of hydrogen-bond acceptors (Lipinski definition) is 2. The topological polar surface area (TPSA) is 46.1 Å². The van der Waals surface area contributed by atoms with E-state index in [-0.39, 0.29) is 5.91 Å². The summed E-state index contributed by atoms with van der Waals surface area (Å²) in [7, 11) is 0. The van der Waals surface area contributed by atoms with Crippen molar-refractivity contribution in [2.24, 2.45) is 0 Å². The molecule has 1 aliphatic carbocycles. The summed E-state index contributed by atoms with van der Waals surface area (Å²) in [5.74, 6) is -0.00632. The maximum absolute atomic E-state index is 12.9. The third kappa shape index (κ3) is 5.07. The first kappa shape index (κ1) is 22.4. The van der Waals surface area contributed by atoms with Crippen LogP contribution in [0.25, 0.3) is 10.9 Å². The molecule has 1 amide bonds. The van der Waals surface area contributed by atoms with Crippen molar-refractivity contribution in [3.8, 4) is 0 Å². The number of hydrogen-bond donors (Lipinski definition) is 2. The molecule has 5 rings (SSSR count). The second-order valence-corrected chi connectivity index (χ2v) is 9.20. The Bertz CT molecular complexity index is 1240. The highest BCUT2D eigenvalue weighted by Gasteiger charge is 2.21. The summed E-state index contributed by atoms with van der Waals surface area (Å²) in [6.45, 7) is 3.45. The zero-order chi connectivity index (χ0) is 23.2. The number of fused-ring (bicyclic) bond motifs is 3. The number of benzene rings is 3. The lowest BCUT2D eigenvalue weighted by molar-refractivity contribution is 0.0951. The first-order valence-electron chi connectivity index (χ1n) is 12.5. The number of aryl methyl sites for hydroxylation is 2. The van der Waals surface area contributed by atoms with Gasteiger partial charge in [0.15, 0.2) is 0 Å². The van der Waals surface area contributed by atoms with E-state index in [1.807, 2.05) is 36.4 Å². The van der Waals surface area contributed by atoms with Crippen molar-refractivity contribution in [2.75, 3.05) is 6.54 Å². The molecule has 3 aromatic carbocycles. The Morgan fingerprint density at radius 2 is 1.53 bits per heavy atom. The van der Waals surface area contributed by atoms with E-state index < -0.39 is 0 Å². The van der Waals surface area contributed by atoms with Gasteiger partial charge in [-0.25, -0.2) is 0 Å². The van der Waals surface area contributed by atoms with Crippen LogP contribution < -0.4 is 10.6 Å². The predicted octanol–water partition coefficient (Wildman–Crippen LogP) is 5.63. The summed E-state index contributed by atoms with van der Waals surface area (Å²) in [4.78, 5) is 12.9. The van der Waals surface area contributed by atoms with Crippen molar-refractivity contribution < 1.29 is 4.79 Å². The fourth-order valence-electron chi connectivity index (χ4n) is 5.10. The van der Waals surface area contributed by atoms with E-state index in [9.17, 15) is 4.79 Å². The highest BCUT2D eigenvalue weighted by Crippen LogP contribution is 2.33. The third-order valence-corrected chi connectivity index (χ3v) is 6.84. The summed E-state index contributed by atoms with van der Waals surface area (Å²) in [6.07, 6.45) is 5.81. The van der Waals surface area contributed by atoms with Gasteiger partial charge in [0.2, 0.25) is 0 Å². The molecule has 0 radical (unpaired) electrons. The zero-order valence-corrected chi connectivity index (χ0v) is 19.7. The monoisotopic (exact) mass is 451 g/mol. The minimum absolute atomic E-state index is 0.00632. The molecule has 0 bridgehead atoms. The van der Waals surface area contributed by atoms with Gasteiger partial charge in [-0.2, -0.15) is 0 Å². The third-order valence-electron chi connectivity index (χ3n) is 6.84. The number of carbonyl (C=O) groups excluding carboxylic acids is 1. The van der Waals surface area contributed by atoms with E-state index in [1.54, 1.807) is 0 Å². The van der Waals surface area contributed by atoms with Gasteiger partial charge in [-0.15, -0.1) is 0 Å². The van der Waals surface area contributed by atoms with Crippen LogP contribution in [0.2, 0.25) is 0 Å². The molecule has 0 aliphatic heterocycles. The first-order valence-corrected chi connectivity index (χ1v) is 12.5. The number of nitrogens with one attached hydrogen (secondary N) is 2. The molecule has 0 saturated carbocycles. The summed E-state index contributed by atoms with van der Waals surface area (Å²) in [5, 5.41) is 7.92. The standard InChI is InChI=1S/C30H33N3O/c34-30(32-22-24-12-5-2-6-13-24)25-16-17-29-27(20-25)26-14-7-8-15-28(26)33(29)19-9-18-31-21-23-10-3-1-4-11-23/h1-6,10-13,16-17,20,31H,7-9,14-15,18-19,21-22H2,(H,32,34). The fourth-order valence-corrected chi connectivity index (χ4v) is 5.10. The number of nitrogens with zero attached hydrogens (tertiary/aromatic N) is 1. The molecule has 2 N–H and O–H groups in total. The quantitative estimate of drug-likeness (QED) is 0.324. The van der Waals surface area contributed by atoms with Gasteiger partial charge >= 0.3 is 0 Å². The van der Waals surface area contributed by atoms with Crippen LogP contribution in [-0.4, -0.2) is 17.0 Å². The summed E-state index contributed by atoms with van der Waals surface area (Å²) in [5.41, 5.74) is 7.39. The largest absolute Gasteiger partial charge is 0.348 e. The van der Waals surface area contributed by atoms with Gasteiger partial charge in [0.1, 0.15) is 0 Å². The SMILES string of the molecule is O=C(NCc1ccccc1)c1ccc2c(c1)c1c(n2CCCNCc2ccccc2)CCCC1. The molecule has 174 valence electrons. The van der Waals surface area contributed by atoms with Gasteiger partial charge in [0, 0.05) is 41.8 Å². The van der Waals surface area contributed by atoms with Gasteiger partial charge in [-0.1, -0.05) is 60.7 Å². The lowest BCUT2D eigenvalue weighted by Crippen LogP contribution is -2.22. The second kappa shape index (κ2) is 10.7. The molecule has 4 heteroatoms. The van der Waals surface area contributed by atoms with Crippen molar-refractivity contribution in [3.63, 3.8) is 0 Å². The lowest BCUT2D eigenvalue weighted by atomic mass is 9.95. The molecule has 0 saturated heterocycles. The van der Waals surface area contributed by atoms with Crippen LogP contribution in [0.3, 0.4) is 0 Å². The van der Waals surface area contributed by atoms with E-state index in [1.165, 1.54) is 40.6 Å². The molecular weight excluding hydrogens is 418 g/mol. The average Bonchev–Trinajstić information content (AvgIpc) is 3.21. The van der Waals surface area contributed by atoms with Crippen molar-refractivity contribution in [2.45, 2.75) is 51.7 Å². The van der Waals surface area contributed by atoms with Crippen LogP contribution in [0.1, 0.15) is 52.0 Å². The molecule has 1 heterocycles. The Balaban J connectivity index is 1.28. The highest BCUT2D eigenvalue weighted by molar-refractivity contribution is 5.99. The van der Waals surface area contributed by atoms with Crippen LogP contribution in [0.15, 0.2) is 78.9 Å². The minimum Gasteiger partial charge on any atom is -0.348 e. The fraction of sp³-hybridized carbons (Fsp3) is 0.300. The molecule has 0 atom stereocenters. The van der Waals surface area contributed by atoms with Gasteiger partial charge in [-0.05, 0) is 73.5 Å². The number of carbonyl (C=O) groups is 1. The van der Waals surface area contributed by atoms with Crippen LogP contribution in [0.4, 0.5) is 0 Å². The average molecular weight is 452 g/mol. The second-order valence-electron chi connectivity index (χ2n) is 9.20. The number of rotatable bonds is 9. The van der Waals surface area contributed by atoms with E-state index in [2.05, 4.69) is 57.7 Å². The van der Waals surface area contributed by atoms with E-state index in [0.29, 0.717) is 6.54 Å². The van der Waals surface area contributed by atoms with E-state index in [4.69, 9.17) is 0 Å². The minimum atomic E-state index is -0.00632. The van der Waals surface area contributed by atoms with Crippen molar-refractivity contribution in [1.82, 2.24) is 15.2 Å². The molecule has 0 spiro atoms. The molecule has 1 aromatic heterocycles. The summed E-state index contributed by atoms with van der Waals surface area (Å²) < 4.78 is 2.51. The maximum atomic E-state index is 12.9. The molecule has 4 nitrogen and oxygen atoms in total. The molecular formula is C30H33N3O. The normalized spacial score (nSPS) is 13.1. The zero-order valence-electron chi connectivity index (χ0n) is 19.7. The Morgan fingerprint density at radius 3 is 2.29 bits per heavy atom. The molecule has 1 aliphatic rings. The van der Waals surface area contributed by atoms with E-state index in [0.717, 1.165) is 50.0 Å². The highest BCUT2D eigenvalue weighted by atomic mass is 16.1. The van der Waals surface area contributed by atoms with Gasteiger partial charge in [0.25, 0.3) is 5.91 Å². The summed E-state index contributed by atoms with van der Waals surface area (Å²) in [6, 6.07) is 26.9. The molecule has 34 heavy (non-hydrogen) atoms. The Kier molecular flexibility index (Phi) is 7.06. The van der Waals surface area contributed by atoms with Crippen molar-refractivity contribution in [1.29, 1.82) is 0 Å². The number of amides is 1. The maximum Gasteiger partial charge on any atom is 0.251 e. The molecule has 0 unspecified atom stereocenters. The lowest BCUT2D eigenvalue weighted by Gasteiger charge is -2.16. The number of aromatic nitrogens is 1. The molecule has 4 aromatic rings. The van der Waals surface area contributed by atoms with Gasteiger partial charge < -0.3 is 15.2 Å². The first-order chi connectivity index (χ1) is 16.8. The predicted molar refractivity (Wildman–Crippen MR) is 139 cm³/mol. The van der Waals surface area contributed by atoms with Crippen LogP contribution in [-0.2, 0) is 32.5 Å². The van der Waals surface area contributed by atoms with Gasteiger partial charge in [-0.3, -0.25) is 4.79 Å². The Morgan fingerprint density at radius 1 is 0.824 bits per heavy atom. The van der Waals surface area contributed by atoms with E-state index >= 15 is 0 Å². The van der Waals surface area contributed by atoms with Gasteiger partial charge in [0.05, 0.1) is 0 Å². The Hall–Kier alpha value is -3.37. The van der Waals surface area contributed by atoms with Crippen molar-refractivity contribution >= 4 is 16.8 Å².